The van der Waals surface area contributed by atoms with E-state index < -0.39 is 11.7 Å². The molecule has 1 aliphatic carbocycles. The molecular weight excluding hydrogens is 321 g/mol. The van der Waals surface area contributed by atoms with Crippen molar-refractivity contribution in [2.45, 2.75) is 19.5 Å². The molecule has 2 rings (SSSR count). The van der Waals surface area contributed by atoms with E-state index in [1.807, 2.05) is 18.2 Å². The van der Waals surface area contributed by atoms with Crippen molar-refractivity contribution in [2.24, 2.45) is 10.3 Å². The number of rotatable bonds is 5. The molecule has 0 aliphatic heterocycles. The molecule has 0 N–H and O–H groups in total. The zero-order valence-corrected chi connectivity index (χ0v) is 13.3. The van der Waals surface area contributed by atoms with E-state index in [0.29, 0.717) is 17.7 Å². The molecule has 0 atom stereocenters. The van der Waals surface area contributed by atoms with Gasteiger partial charge < -0.3 is 9.68 Å². The lowest BCUT2D eigenvalue weighted by molar-refractivity contribution is -0.137. The molecule has 128 valence electrons. The van der Waals surface area contributed by atoms with Gasteiger partial charge in [0.05, 0.1) is 17.0 Å². The largest absolute Gasteiger partial charge is 0.416 e. The molecule has 0 fully saturated rings. The topological polar surface area (TPSA) is 43.2 Å². The Balaban J connectivity index is 2.06. The third kappa shape index (κ3) is 4.71. The summed E-state index contributed by atoms with van der Waals surface area (Å²) in [6.07, 6.45) is 1.87. The van der Waals surface area contributed by atoms with Gasteiger partial charge in [-0.15, -0.1) is 0 Å². The van der Waals surface area contributed by atoms with Crippen molar-refractivity contribution < 1.29 is 22.8 Å². The van der Waals surface area contributed by atoms with Gasteiger partial charge in [0.1, 0.15) is 13.7 Å². The summed E-state index contributed by atoms with van der Waals surface area (Å²) < 4.78 is 38.2. The highest BCUT2D eigenvalue weighted by Gasteiger charge is 2.30. The van der Waals surface area contributed by atoms with Crippen LogP contribution >= 0.6 is 0 Å². The molecule has 0 saturated carbocycles. The van der Waals surface area contributed by atoms with Gasteiger partial charge in [-0.25, -0.2) is 0 Å². The highest BCUT2D eigenvalue weighted by Crippen LogP contribution is 2.29. The maximum absolute atomic E-state index is 12.7. The molecule has 1 aromatic rings. The summed E-state index contributed by atoms with van der Waals surface area (Å²) in [4.78, 5) is 10.0. The van der Waals surface area contributed by atoms with Crippen LogP contribution in [-0.2, 0) is 15.9 Å². The minimum absolute atomic E-state index is 0.156. The maximum atomic E-state index is 12.7. The van der Waals surface area contributed by atoms with Crippen molar-refractivity contribution in [1.29, 1.82) is 0 Å². The van der Waals surface area contributed by atoms with Crippen molar-refractivity contribution in [3.8, 4) is 0 Å². The first kappa shape index (κ1) is 17.8. The van der Waals surface area contributed by atoms with Gasteiger partial charge in [-0.1, -0.05) is 40.7 Å². The average Bonchev–Trinajstić information content (AvgIpc) is 2.56. The second-order valence-electron chi connectivity index (χ2n) is 5.07. The Morgan fingerprint density at radius 1 is 1.29 bits per heavy atom. The zero-order chi connectivity index (χ0) is 17.6. The predicted molar refractivity (Wildman–Crippen MR) is 85.9 cm³/mol. The number of halogens is 3. The lowest BCUT2D eigenvalue weighted by Gasteiger charge is -2.11. The number of nitrogens with zero attached hydrogens (tertiary/aromatic N) is 2. The fraction of sp³-hybridized carbons (Fsp3) is 0.294. The summed E-state index contributed by atoms with van der Waals surface area (Å²) in [5, 5.41) is 7.80. The second kappa shape index (κ2) is 7.81. The summed E-state index contributed by atoms with van der Waals surface area (Å²) in [6, 6.07) is 4.96. The Labute approximate surface area is 137 Å². The quantitative estimate of drug-likeness (QED) is 0.592. The minimum Gasteiger partial charge on any atom is -0.399 e. The van der Waals surface area contributed by atoms with E-state index in [1.54, 1.807) is 13.0 Å². The van der Waals surface area contributed by atoms with Gasteiger partial charge in [0.2, 0.25) is 0 Å². The van der Waals surface area contributed by atoms with E-state index in [-0.39, 0.29) is 6.61 Å². The Kier molecular flexibility index (Phi) is 5.78. The lowest BCUT2D eigenvalue weighted by atomic mass is 10.0. The fourth-order valence-electron chi connectivity index (χ4n) is 2.10. The Morgan fingerprint density at radius 3 is 2.79 bits per heavy atom. The molecule has 0 unspecified atom stereocenters. The Bertz CT molecular complexity index is 704. The van der Waals surface area contributed by atoms with Crippen LogP contribution in [0.3, 0.4) is 0 Å². The molecule has 0 saturated heterocycles. The number of oxime groups is 2. The lowest BCUT2D eigenvalue weighted by Crippen LogP contribution is -2.11. The van der Waals surface area contributed by atoms with E-state index in [4.69, 9.17) is 9.68 Å². The highest BCUT2D eigenvalue weighted by molar-refractivity contribution is 6.02. The highest BCUT2D eigenvalue weighted by atomic mass is 19.4. The molecule has 7 heteroatoms. The number of hydrogen-bond acceptors (Lipinski definition) is 4. The van der Waals surface area contributed by atoms with Gasteiger partial charge in [0.25, 0.3) is 0 Å². The van der Waals surface area contributed by atoms with Crippen LogP contribution in [0.5, 0.6) is 0 Å². The molecule has 0 amide bonds. The summed E-state index contributed by atoms with van der Waals surface area (Å²) in [5.41, 5.74) is 1.53. The smallest absolute Gasteiger partial charge is 0.399 e. The second-order valence-corrected chi connectivity index (χ2v) is 5.07. The Morgan fingerprint density at radius 2 is 2.08 bits per heavy atom. The van der Waals surface area contributed by atoms with Crippen LogP contribution in [0.15, 0.2) is 58.4 Å². The van der Waals surface area contributed by atoms with Gasteiger partial charge >= 0.3 is 6.18 Å². The van der Waals surface area contributed by atoms with Crippen LogP contribution in [0, 0.1) is 0 Å². The van der Waals surface area contributed by atoms with Crippen molar-refractivity contribution >= 4 is 11.4 Å². The van der Waals surface area contributed by atoms with Gasteiger partial charge in [-0.2, -0.15) is 13.2 Å². The van der Waals surface area contributed by atoms with Crippen LogP contribution in [0.1, 0.15) is 24.5 Å². The maximum Gasteiger partial charge on any atom is 0.416 e. The summed E-state index contributed by atoms with van der Waals surface area (Å²) in [5.74, 6) is 0. The van der Waals surface area contributed by atoms with Crippen LogP contribution in [0.2, 0.25) is 0 Å². The third-order valence-corrected chi connectivity index (χ3v) is 3.35. The van der Waals surface area contributed by atoms with Crippen LogP contribution in [0.4, 0.5) is 13.2 Å². The van der Waals surface area contributed by atoms with E-state index in [0.717, 1.165) is 23.4 Å². The van der Waals surface area contributed by atoms with E-state index in [1.165, 1.54) is 13.2 Å². The summed E-state index contributed by atoms with van der Waals surface area (Å²) in [6.45, 7) is 1.75. The first-order valence-corrected chi connectivity index (χ1v) is 7.22. The number of hydrogen-bond donors (Lipinski definition) is 0. The van der Waals surface area contributed by atoms with E-state index in [2.05, 4.69) is 10.3 Å². The monoisotopic (exact) mass is 338 g/mol. The molecule has 0 aromatic heterocycles. The number of benzene rings is 1. The number of allylic oxidation sites excluding steroid dienone is 3. The SMILES string of the molecule is CON=C1CC=CC=C1CON=C(C)c1cccc(C(F)(F)F)c1. The van der Waals surface area contributed by atoms with Crippen molar-refractivity contribution in [3.05, 3.63) is 59.2 Å². The third-order valence-electron chi connectivity index (χ3n) is 3.35. The molecule has 0 radical (unpaired) electrons. The van der Waals surface area contributed by atoms with Gasteiger partial charge in [-0.05, 0) is 24.6 Å². The van der Waals surface area contributed by atoms with Gasteiger partial charge in [0, 0.05) is 12.0 Å². The van der Waals surface area contributed by atoms with Crippen molar-refractivity contribution in [3.63, 3.8) is 0 Å². The summed E-state index contributed by atoms with van der Waals surface area (Å²) in [7, 11) is 1.46. The molecule has 4 nitrogen and oxygen atoms in total. The number of alkyl halides is 3. The molecule has 0 heterocycles. The van der Waals surface area contributed by atoms with Gasteiger partial charge in [0.15, 0.2) is 0 Å². The van der Waals surface area contributed by atoms with Crippen LogP contribution in [0.25, 0.3) is 0 Å². The molecule has 0 spiro atoms. The van der Waals surface area contributed by atoms with E-state index >= 15 is 0 Å². The molecule has 1 aliphatic rings. The van der Waals surface area contributed by atoms with E-state index in [9.17, 15) is 13.2 Å². The first-order valence-electron chi connectivity index (χ1n) is 7.22. The summed E-state index contributed by atoms with van der Waals surface area (Å²) >= 11 is 0. The Hall–Kier alpha value is -2.57. The first-order chi connectivity index (χ1) is 11.4. The van der Waals surface area contributed by atoms with Crippen LogP contribution < -0.4 is 0 Å². The van der Waals surface area contributed by atoms with Crippen molar-refractivity contribution in [1.82, 2.24) is 0 Å². The minimum atomic E-state index is -4.39. The standard InChI is InChI=1S/C17H17F3N2O2/c1-12(13-7-5-8-15(10-13)17(18,19)20)21-24-11-14-6-3-4-9-16(14)22-23-2/h3-8,10H,9,11H2,1-2H3. The zero-order valence-electron chi connectivity index (χ0n) is 13.3. The van der Waals surface area contributed by atoms with Crippen molar-refractivity contribution in [2.75, 3.05) is 13.7 Å². The fourth-order valence-corrected chi connectivity index (χ4v) is 2.10. The molecule has 24 heavy (non-hydrogen) atoms. The molecule has 1 aromatic carbocycles. The molecular formula is C17H17F3N2O2. The predicted octanol–water partition coefficient (Wildman–Crippen LogP) is 4.33. The van der Waals surface area contributed by atoms with Crippen LogP contribution in [-0.4, -0.2) is 25.1 Å². The molecule has 0 bridgehead atoms. The van der Waals surface area contributed by atoms with Gasteiger partial charge in [-0.3, -0.25) is 0 Å². The normalized spacial score (nSPS) is 17.0. The average molecular weight is 338 g/mol.